The quantitative estimate of drug-likeness (QED) is 0.822. The van der Waals surface area contributed by atoms with Gasteiger partial charge in [0.05, 0.1) is 23.1 Å². The lowest BCUT2D eigenvalue weighted by molar-refractivity contribution is 0.0952. The van der Waals surface area contributed by atoms with Crippen LogP contribution in [0.1, 0.15) is 15.9 Å². The first-order chi connectivity index (χ1) is 8.18. The van der Waals surface area contributed by atoms with Crippen molar-refractivity contribution in [2.45, 2.75) is 6.54 Å². The maximum Gasteiger partial charge on any atom is 0.255 e. The highest BCUT2D eigenvalue weighted by molar-refractivity contribution is 6.34. The van der Waals surface area contributed by atoms with E-state index in [9.17, 15) is 4.79 Å². The molecule has 1 amide bonds. The van der Waals surface area contributed by atoms with Crippen LogP contribution in [0.4, 0.5) is 5.69 Å². The Morgan fingerprint density at radius 1 is 1.41 bits per heavy atom. The molecule has 0 aliphatic carbocycles. The van der Waals surface area contributed by atoms with Crippen LogP contribution in [0, 0.1) is 0 Å². The molecule has 88 valence electrons. The van der Waals surface area contributed by atoms with Gasteiger partial charge in [0.1, 0.15) is 0 Å². The number of carbonyl (C=O) groups excluding carboxylic acids is 1. The highest BCUT2D eigenvalue weighted by Gasteiger charge is 2.13. The molecule has 0 atom stereocenters. The van der Waals surface area contributed by atoms with Crippen molar-refractivity contribution in [3.63, 3.8) is 0 Å². The molecule has 0 aliphatic heterocycles. The topological polar surface area (TPSA) is 68.3 Å². The number of carbonyl (C=O) groups is 1. The van der Waals surface area contributed by atoms with Crippen LogP contribution in [0.5, 0.6) is 0 Å². The van der Waals surface area contributed by atoms with E-state index in [1.807, 2.05) is 0 Å². The van der Waals surface area contributed by atoms with Crippen molar-refractivity contribution < 1.29 is 9.21 Å². The minimum Gasteiger partial charge on any atom is -0.472 e. The van der Waals surface area contributed by atoms with Gasteiger partial charge in [-0.15, -0.1) is 0 Å². The van der Waals surface area contributed by atoms with Crippen LogP contribution in [0.15, 0.2) is 41.2 Å². The molecule has 17 heavy (non-hydrogen) atoms. The van der Waals surface area contributed by atoms with Crippen LogP contribution in [-0.2, 0) is 6.54 Å². The molecule has 0 saturated heterocycles. The van der Waals surface area contributed by atoms with E-state index in [-0.39, 0.29) is 5.91 Å². The molecular weight excluding hydrogens is 240 g/mol. The number of nitrogen functional groups attached to an aromatic ring is 1. The Labute approximate surface area is 103 Å². The van der Waals surface area contributed by atoms with Crippen molar-refractivity contribution in [1.82, 2.24) is 5.32 Å². The van der Waals surface area contributed by atoms with Crippen molar-refractivity contribution >= 4 is 23.2 Å². The molecule has 2 aromatic rings. The first-order valence-corrected chi connectivity index (χ1v) is 5.39. The van der Waals surface area contributed by atoms with E-state index in [0.717, 1.165) is 5.56 Å². The first kappa shape index (κ1) is 11.5. The standard InChI is InChI=1S/C12H11ClN2O2/c13-9-2-1-3-10(14)11(9)12(16)15-6-8-4-5-17-7-8/h1-5,7H,6,14H2,(H,15,16). The molecule has 3 N–H and O–H groups in total. The number of furan rings is 1. The normalized spacial score (nSPS) is 10.2. The molecule has 0 fully saturated rings. The van der Waals surface area contributed by atoms with Crippen LogP contribution < -0.4 is 11.1 Å². The molecular formula is C12H11ClN2O2. The van der Waals surface area contributed by atoms with Gasteiger partial charge in [0.2, 0.25) is 0 Å². The number of halogens is 1. The van der Waals surface area contributed by atoms with Crippen molar-refractivity contribution in [2.75, 3.05) is 5.73 Å². The predicted octanol–water partition coefficient (Wildman–Crippen LogP) is 2.45. The highest BCUT2D eigenvalue weighted by Crippen LogP contribution is 2.21. The van der Waals surface area contributed by atoms with E-state index in [0.29, 0.717) is 22.8 Å². The number of hydrogen-bond donors (Lipinski definition) is 2. The summed E-state index contributed by atoms with van der Waals surface area (Å²) in [7, 11) is 0. The number of benzene rings is 1. The average Bonchev–Trinajstić information content (AvgIpc) is 2.79. The summed E-state index contributed by atoms with van der Waals surface area (Å²) >= 11 is 5.93. The number of anilines is 1. The van der Waals surface area contributed by atoms with E-state index < -0.39 is 0 Å². The zero-order chi connectivity index (χ0) is 12.3. The summed E-state index contributed by atoms with van der Waals surface area (Å²) in [4.78, 5) is 11.9. The molecule has 4 nitrogen and oxygen atoms in total. The van der Waals surface area contributed by atoms with Crippen LogP contribution in [-0.4, -0.2) is 5.91 Å². The number of nitrogens with one attached hydrogen (secondary N) is 1. The number of amides is 1. The lowest BCUT2D eigenvalue weighted by Crippen LogP contribution is -2.23. The lowest BCUT2D eigenvalue weighted by atomic mass is 10.1. The molecule has 0 spiro atoms. The fraction of sp³-hybridized carbons (Fsp3) is 0.0833. The molecule has 0 saturated carbocycles. The largest absolute Gasteiger partial charge is 0.472 e. The fourth-order valence-corrected chi connectivity index (χ4v) is 1.71. The predicted molar refractivity (Wildman–Crippen MR) is 65.7 cm³/mol. The van der Waals surface area contributed by atoms with Gasteiger partial charge in [0.15, 0.2) is 0 Å². The van der Waals surface area contributed by atoms with Crippen molar-refractivity contribution in [3.05, 3.63) is 52.9 Å². The molecule has 0 radical (unpaired) electrons. The summed E-state index contributed by atoms with van der Waals surface area (Å²) in [5, 5.41) is 3.06. The van der Waals surface area contributed by atoms with Gasteiger partial charge in [-0.1, -0.05) is 17.7 Å². The molecule has 2 rings (SSSR count). The van der Waals surface area contributed by atoms with Gasteiger partial charge in [0.25, 0.3) is 5.91 Å². The van der Waals surface area contributed by atoms with Gasteiger partial charge in [-0.05, 0) is 18.2 Å². The van der Waals surface area contributed by atoms with Crippen molar-refractivity contribution in [3.8, 4) is 0 Å². The monoisotopic (exact) mass is 250 g/mol. The van der Waals surface area contributed by atoms with Crippen LogP contribution >= 0.6 is 11.6 Å². The summed E-state index contributed by atoms with van der Waals surface area (Å²) in [5.41, 5.74) is 7.25. The summed E-state index contributed by atoms with van der Waals surface area (Å²) in [6, 6.07) is 6.74. The van der Waals surface area contributed by atoms with E-state index >= 15 is 0 Å². The Morgan fingerprint density at radius 2 is 2.24 bits per heavy atom. The summed E-state index contributed by atoms with van der Waals surface area (Å²) in [6.45, 7) is 0.375. The van der Waals surface area contributed by atoms with Gasteiger partial charge in [-0.2, -0.15) is 0 Å². The third-order valence-corrected chi connectivity index (χ3v) is 2.62. The zero-order valence-electron chi connectivity index (χ0n) is 8.94. The Bertz CT molecular complexity index is 503. The highest BCUT2D eigenvalue weighted by atomic mass is 35.5. The van der Waals surface area contributed by atoms with Crippen molar-refractivity contribution in [1.29, 1.82) is 0 Å². The van der Waals surface area contributed by atoms with E-state index in [4.69, 9.17) is 21.8 Å². The Kier molecular flexibility index (Phi) is 3.35. The van der Waals surface area contributed by atoms with Gasteiger partial charge in [-0.3, -0.25) is 4.79 Å². The minimum absolute atomic E-state index is 0.297. The first-order valence-electron chi connectivity index (χ1n) is 5.01. The van der Waals surface area contributed by atoms with E-state index in [2.05, 4.69) is 5.32 Å². The summed E-state index contributed by atoms with van der Waals surface area (Å²) in [6.07, 6.45) is 3.11. The molecule has 1 aromatic carbocycles. The molecule has 1 heterocycles. The van der Waals surface area contributed by atoms with Crippen LogP contribution in [0.2, 0.25) is 5.02 Å². The smallest absolute Gasteiger partial charge is 0.255 e. The molecule has 0 bridgehead atoms. The number of rotatable bonds is 3. The summed E-state index contributed by atoms with van der Waals surface area (Å²) in [5.74, 6) is -0.297. The number of nitrogens with two attached hydrogens (primary N) is 1. The second-order valence-electron chi connectivity index (χ2n) is 3.52. The third kappa shape index (κ3) is 2.60. The van der Waals surface area contributed by atoms with Crippen LogP contribution in [0.3, 0.4) is 0 Å². The van der Waals surface area contributed by atoms with Gasteiger partial charge < -0.3 is 15.5 Å². The average molecular weight is 251 g/mol. The third-order valence-electron chi connectivity index (χ3n) is 2.31. The van der Waals surface area contributed by atoms with Gasteiger partial charge >= 0.3 is 0 Å². The zero-order valence-corrected chi connectivity index (χ0v) is 9.70. The Balaban J connectivity index is 2.10. The maximum atomic E-state index is 11.9. The molecule has 0 unspecified atom stereocenters. The van der Waals surface area contributed by atoms with E-state index in [1.165, 1.54) is 0 Å². The SMILES string of the molecule is Nc1cccc(Cl)c1C(=O)NCc1ccoc1. The second-order valence-corrected chi connectivity index (χ2v) is 3.93. The Hall–Kier alpha value is -1.94. The minimum atomic E-state index is -0.297. The molecule has 1 aromatic heterocycles. The summed E-state index contributed by atoms with van der Waals surface area (Å²) < 4.78 is 4.90. The molecule has 0 aliphatic rings. The van der Waals surface area contributed by atoms with E-state index in [1.54, 1.807) is 36.8 Å². The Morgan fingerprint density at radius 3 is 2.88 bits per heavy atom. The number of hydrogen-bond acceptors (Lipinski definition) is 3. The van der Waals surface area contributed by atoms with Gasteiger partial charge in [-0.25, -0.2) is 0 Å². The molecule has 5 heteroatoms. The lowest BCUT2D eigenvalue weighted by Gasteiger charge is -2.08. The van der Waals surface area contributed by atoms with Crippen molar-refractivity contribution in [2.24, 2.45) is 0 Å². The fourth-order valence-electron chi connectivity index (χ4n) is 1.44. The maximum absolute atomic E-state index is 11.9. The second kappa shape index (κ2) is 4.93. The van der Waals surface area contributed by atoms with Crippen LogP contribution in [0.25, 0.3) is 0 Å². The van der Waals surface area contributed by atoms with Gasteiger partial charge in [0, 0.05) is 17.8 Å².